The van der Waals surface area contributed by atoms with E-state index in [1.54, 1.807) is 13.3 Å². The molecule has 2 aromatic carbocycles. The lowest BCUT2D eigenvalue weighted by Crippen LogP contribution is -2.58. The maximum Gasteiger partial charge on any atom is 0.125 e. The molecule has 1 aromatic heterocycles. The molecule has 8 nitrogen and oxygen atoms in total. The van der Waals surface area contributed by atoms with Gasteiger partial charge >= 0.3 is 0 Å². The third kappa shape index (κ3) is 4.13. The van der Waals surface area contributed by atoms with Gasteiger partial charge in [0.15, 0.2) is 0 Å². The fourth-order valence-corrected chi connectivity index (χ4v) is 5.92. The van der Waals surface area contributed by atoms with E-state index >= 15 is 0 Å². The molecule has 0 unspecified atom stereocenters. The van der Waals surface area contributed by atoms with Crippen molar-refractivity contribution >= 4 is 22.3 Å². The van der Waals surface area contributed by atoms with Gasteiger partial charge < -0.3 is 25.0 Å². The number of nitrogens with one attached hydrogen (secondary N) is 2. The van der Waals surface area contributed by atoms with Gasteiger partial charge in [-0.2, -0.15) is 5.26 Å². The number of hydrogen-bond acceptors (Lipinski definition) is 8. The summed E-state index contributed by atoms with van der Waals surface area (Å²) in [5, 5.41) is 17.6. The minimum atomic E-state index is 0.166. The quantitative estimate of drug-likeness (QED) is 0.585. The lowest BCUT2D eigenvalue weighted by atomic mass is 10.0. The van der Waals surface area contributed by atoms with Gasteiger partial charge in [0.25, 0.3) is 0 Å². The number of pyridine rings is 1. The molecule has 2 N–H and O–H groups in total. The summed E-state index contributed by atoms with van der Waals surface area (Å²) >= 11 is 0. The lowest BCUT2D eigenvalue weighted by Gasteiger charge is -2.45. The first-order valence-corrected chi connectivity index (χ1v) is 12.7. The van der Waals surface area contributed by atoms with Crippen LogP contribution in [0.4, 0.5) is 11.4 Å². The monoisotopic (exact) mass is 484 g/mol. The van der Waals surface area contributed by atoms with Crippen LogP contribution in [0.3, 0.4) is 0 Å². The van der Waals surface area contributed by atoms with Crippen molar-refractivity contribution < 1.29 is 9.47 Å². The molecule has 186 valence electrons. The fourth-order valence-electron chi connectivity index (χ4n) is 5.92. The number of rotatable bonds is 4. The van der Waals surface area contributed by atoms with Crippen LogP contribution in [-0.4, -0.2) is 74.0 Å². The molecule has 2 saturated heterocycles. The molecule has 0 spiro atoms. The van der Waals surface area contributed by atoms with Crippen molar-refractivity contribution in [3.63, 3.8) is 0 Å². The van der Waals surface area contributed by atoms with Gasteiger partial charge in [0.2, 0.25) is 0 Å². The summed E-state index contributed by atoms with van der Waals surface area (Å²) < 4.78 is 12.0. The maximum absolute atomic E-state index is 9.53. The molecule has 0 bridgehead atoms. The summed E-state index contributed by atoms with van der Waals surface area (Å²) in [5.74, 6) is 0.959. The summed E-state index contributed by atoms with van der Waals surface area (Å²) in [4.78, 5) is 9.51. The van der Waals surface area contributed by atoms with Gasteiger partial charge in [0, 0.05) is 80.5 Å². The molecule has 3 aliphatic rings. The zero-order valence-corrected chi connectivity index (χ0v) is 20.8. The van der Waals surface area contributed by atoms with Crippen molar-refractivity contribution in [2.24, 2.45) is 0 Å². The fraction of sp³-hybridized carbons (Fsp3) is 0.429. The number of aromatic nitrogens is 1. The average molecular weight is 485 g/mol. The van der Waals surface area contributed by atoms with E-state index in [2.05, 4.69) is 68.7 Å². The Morgan fingerprint density at radius 3 is 2.97 bits per heavy atom. The van der Waals surface area contributed by atoms with Crippen molar-refractivity contribution in [3.8, 4) is 11.8 Å². The van der Waals surface area contributed by atoms with E-state index in [1.165, 1.54) is 5.56 Å². The Labute approximate surface area is 211 Å². The number of piperazine rings is 1. The van der Waals surface area contributed by atoms with Crippen LogP contribution < -0.4 is 20.3 Å². The van der Waals surface area contributed by atoms with Gasteiger partial charge in [-0.1, -0.05) is 6.07 Å². The molecule has 36 heavy (non-hydrogen) atoms. The highest BCUT2D eigenvalue weighted by Crippen LogP contribution is 2.35. The molecule has 3 aliphatic heterocycles. The van der Waals surface area contributed by atoms with Crippen molar-refractivity contribution in [1.29, 1.82) is 5.26 Å². The zero-order valence-electron chi connectivity index (χ0n) is 20.8. The number of nitriles is 1. The van der Waals surface area contributed by atoms with Crippen LogP contribution in [-0.2, 0) is 11.3 Å². The van der Waals surface area contributed by atoms with Crippen molar-refractivity contribution in [2.75, 3.05) is 50.1 Å². The lowest BCUT2D eigenvalue weighted by molar-refractivity contribution is 0.0892. The summed E-state index contributed by atoms with van der Waals surface area (Å²) in [6.07, 6.45) is 1.92. The Kier molecular flexibility index (Phi) is 6.13. The van der Waals surface area contributed by atoms with Crippen LogP contribution in [0.5, 0.6) is 5.75 Å². The number of hydrogen-bond donors (Lipinski definition) is 2. The largest absolute Gasteiger partial charge is 0.491 e. The van der Waals surface area contributed by atoms with E-state index in [0.29, 0.717) is 18.2 Å². The van der Waals surface area contributed by atoms with E-state index in [-0.39, 0.29) is 18.2 Å². The predicted molar refractivity (Wildman–Crippen MR) is 140 cm³/mol. The van der Waals surface area contributed by atoms with E-state index in [1.807, 2.05) is 12.1 Å². The number of ether oxygens (including phenoxy) is 2. The Bertz CT molecular complexity index is 1310. The molecule has 2 fully saturated rings. The van der Waals surface area contributed by atoms with Gasteiger partial charge in [-0.15, -0.1) is 0 Å². The Morgan fingerprint density at radius 1 is 1.19 bits per heavy atom. The minimum absolute atomic E-state index is 0.166. The molecule has 4 heterocycles. The zero-order chi connectivity index (χ0) is 24.6. The molecule has 3 aromatic rings. The Hall–Kier alpha value is -3.38. The van der Waals surface area contributed by atoms with Crippen LogP contribution in [0, 0.1) is 11.3 Å². The molecule has 6 rings (SSSR count). The second-order valence-electron chi connectivity index (χ2n) is 10.0. The van der Waals surface area contributed by atoms with Gasteiger partial charge in [0.1, 0.15) is 18.4 Å². The van der Waals surface area contributed by atoms with Crippen LogP contribution in [0.25, 0.3) is 10.9 Å². The average Bonchev–Trinajstić information content (AvgIpc) is 3.27. The molecule has 4 atom stereocenters. The number of nitrogens with zero attached hydrogens (tertiary/aromatic N) is 4. The molecule has 0 saturated carbocycles. The van der Waals surface area contributed by atoms with Gasteiger partial charge in [0.05, 0.1) is 29.3 Å². The highest BCUT2D eigenvalue weighted by molar-refractivity contribution is 5.95. The van der Waals surface area contributed by atoms with Crippen LogP contribution in [0.1, 0.15) is 18.1 Å². The standard InChI is InChI=1S/C28H32N6O2/c1-18-14-33(25-8-6-19(11-29)28-23(25)4-3-9-31-28)16-22-17-36-26-10-21(7-5-20(26)15-34(18)22)32-24-12-30-13-27(24)35-2/h3-10,18,22,24,27,30,32H,12-17H2,1-2H3/t18-,22-,24-,27-/m1/s1. The van der Waals surface area contributed by atoms with Crippen LogP contribution in [0.15, 0.2) is 48.7 Å². The first-order chi connectivity index (χ1) is 17.6. The Balaban J connectivity index is 1.22. The first-order valence-electron chi connectivity index (χ1n) is 12.7. The molecule has 0 radical (unpaired) electrons. The third-order valence-electron chi connectivity index (χ3n) is 7.82. The molecule has 0 aliphatic carbocycles. The second kappa shape index (κ2) is 9.58. The number of benzene rings is 2. The second-order valence-corrected chi connectivity index (χ2v) is 10.0. The van der Waals surface area contributed by atoms with Gasteiger partial charge in [-0.25, -0.2) is 0 Å². The predicted octanol–water partition coefficient (Wildman–Crippen LogP) is 2.98. The number of fused-ring (bicyclic) bond motifs is 3. The highest BCUT2D eigenvalue weighted by Gasteiger charge is 2.36. The number of anilines is 2. The summed E-state index contributed by atoms with van der Waals surface area (Å²) in [5.41, 5.74) is 4.81. The first kappa shape index (κ1) is 23.0. The summed E-state index contributed by atoms with van der Waals surface area (Å²) in [6, 6.07) is 17.6. The van der Waals surface area contributed by atoms with Crippen LogP contribution >= 0.6 is 0 Å². The van der Waals surface area contributed by atoms with E-state index in [4.69, 9.17) is 9.47 Å². The third-order valence-corrected chi connectivity index (χ3v) is 7.82. The molecule has 0 amide bonds. The maximum atomic E-state index is 9.53. The highest BCUT2D eigenvalue weighted by atomic mass is 16.5. The molecular weight excluding hydrogens is 452 g/mol. The van der Waals surface area contributed by atoms with Gasteiger partial charge in [-0.3, -0.25) is 9.88 Å². The smallest absolute Gasteiger partial charge is 0.125 e. The topological polar surface area (TPSA) is 85.7 Å². The van der Waals surface area contributed by atoms with Crippen LogP contribution in [0.2, 0.25) is 0 Å². The van der Waals surface area contributed by atoms with E-state index < -0.39 is 0 Å². The molecule has 8 heteroatoms. The van der Waals surface area contributed by atoms with Crippen molar-refractivity contribution in [1.82, 2.24) is 15.2 Å². The Morgan fingerprint density at radius 2 is 2.11 bits per heavy atom. The van der Waals surface area contributed by atoms with E-state index in [0.717, 1.165) is 60.8 Å². The molecular formula is C28H32N6O2. The summed E-state index contributed by atoms with van der Waals surface area (Å²) in [6.45, 7) is 7.33. The van der Waals surface area contributed by atoms with Crippen molar-refractivity contribution in [3.05, 3.63) is 59.8 Å². The van der Waals surface area contributed by atoms with E-state index in [9.17, 15) is 5.26 Å². The van der Waals surface area contributed by atoms with Crippen molar-refractivity contribution in [2.45, 2.75) is 37.7 Å². The van der Waals surface area contributed by atoms with Gasteiger partial charge in [-0.05, 0) is 37.3 Å². The normalized spacial score (nSPS) is 26.0. The minimum Gasteiger partial charge on any atom is -0.491 e. The SMILES string of the molecule is CO[C@@H]1CNC[C@H]1Nc1ccc2c(c1)OC[C@H]1CN(c3ccc(C#N)c4ncccc34)C[C@@H](C)N1C2. The summed E-state index contributed by atoms with van der Waals surface area (Å²) in [7, 11) is 1.77. The number of methoxy groups -OCH3 is 1.